The Morgan fingerprint density at radius 1 is 1.38 bits per heavy atom. The van der Waals surface area contributed by atoms with E-state index in [1.165, 1.54) is 17.8 Å². The zero-order valence-corrected chi connectivity index (χ0v) is 8.85. The smallest absolute Gasteiger partial charge is 0.409 e. The second-order valence-corrected chi connectivity index (χ2v) is 3.68. The summed E-state index contributed by atoms with van der Waals surface area (Å²) in [6.45, 7) is 0. The van der Waals surface area contributed by atoms with Crippen molar-refractivity contribution >= 4 is 22.9 Å². The van der Waals surface area contributed by atoms with Gasteiger partial charge in [0, 0.05) is 4.90 Å². The highest BCUT2D eigenvalue weighted by atomic mass is 32.2. The lowest BCUT2D eigenvalue weighted by molar-refractivity contribution is -0.282. The summed E-state index contributed by atoms with van der Waals surface area (Å²) < 4.78 is 44.2. The maximum absolute atomic E-state index is 11.9. The highest BCUT2D eigenvalue weighted by Crippen LogP contribution is 2.31. The Morgan fingerprint density at radius 3 is 2.75 bits per heavy atom. The largest absolute Gasteiger partial charge is 0.576 e. The molecule has 1 aromatic carbocycles. The van der Waals surface area contributed by atoms with Gasteiger partial charge in [-0.3, -0.25) is 0 Å². The maximum Gasteiger partial charge on any atom is 0.576 e. The Bertz CT molecular complexity index is 509. The van der Waals surface area contributed by atoms with Gasteiger partial charge in [0.05, 0.1) is 0 Å². The fraction of sp³-hybridized carbons (Fsp3) is 0.222. The maximum atomic E-state index is 11.9. The van der Waals surface area contributed by atoms with E-state index in [9.17, 15) is 13.2 Å². The molecule has 0 bridgehead atoms. The topological polar surface area (TPSA) is 35.3 Å². The number of nitrogens with zero attached hydrogens (tertiary/aromatic N) is 1. The number of oxazole rings is 1. The number of benzene rings is 1. The molecule has 0 aliphatic heterocycles. The number of hydrogen-bond acceptors (Lipinski definition) is 4. The molecule has 2 aromatic rings. The third kappa shape index (κ3) is 2.24. The van der Waals surface area contributed by atoms with Crippen molar-refractivity contribution in [3.63, 3.8) is 0 Å². The molecule has 0 aliphatic rings. The molecule has 3 nitrogen and oxygen atoms in total. The van der Waals surface area contributed by atoms with E-state index < -0.39 is 12.4 Å². The van der Waals surface area contributed by atoms with Crippen molar-refractivity contribution in [2.24, 2.45) is 0 Å². The molecule has 0 amide bonds. The molecule has 7 heteroatoms. The Kier molecular flexibility index (Phi) is 2.71. The predicted molar refractivity (Wildman–Crippen MR) is 52.5 cm³/mol. The molecular formula is C9H6F3NO2S. The van der Waals surface area contributed by atoms with Gasteiger partial charge in [0.1, 0.15) is 5.52 Å². The highest BCUT2D eigenvalue weighted by molar-refractivity contribution is 7.98. The van der Waals surface area contributed by atoms with Crippen molar-refractivity contribution in [1.82, 2.24) is 4.98 Å². The van der Waals surface area contributed by atoms with Crippen LogP contribution in [0.15, 0.2) is 27.5 Å². The Balaban J connectivity index is 2.44. The fourth-order valence-corrected chi connectivity index (χ4v) is 1.76. The van der Waals surface area contributed by atoms with Crippen LogP contribution in [0.5, 0.6) is 6.08 Å². The molecule has 0 aliphatic carbocycles. The van der Waals surface area contributed by atoms with Crippen LogP contribution in [0, 0.1) is 0 Å². The van der Waals surface area contributed by atoms with Gasteiger partial charge in [-0.15, -0.1) is 24.9 Å². The molecule has 0 unspecified atom stereocenters. The number of halogens is 3. The van der Waals surface area contributed by atoms with E-state index >= 15 is 0 Å². The number of rotatable bonds is 2. The lowest BCUT2D eigenvalue weighted by Gasteiger charge is -2.02. The molecule has 0 radical (unpaired) electrons. The van der Waals surface area contributed by atoms with Crippen molar-refractivity contribution < 1.29 is 22.3 Å². The van der Waals surface area contributed by atoms with E-state index in [2.05, 4.69) is 9.72 Å². The Hall–Kier alpha value is -1.37. The van der Waals surface area contributed by atoms with Crippen LogP contribution in [-0.2, 0) is 0 Å². The molecule has 0 saturated heterocycles. The summed E-state index contributed by atoms with van der Waals surface area (Å²) in [5.41, 5.74) is 0.639. The van der Waals surface area contributed by atoms with E-state index in [1.54, 1.807) is 18.4 Å². The number of fused-ring (bicyclic) bond motifs is 1. The number of aromatic nitrogens is 1. The van der Waals surface area contributed by atoms with E-state index in [-0.39, 0.29) is 5.58 Å². The summed E-state index contributed by atoms with van der Waals surface area (Å²) in [6, 6.07) is 4.95. The summed E-state index contributed by atoms with van der Waals surface area (Å²) in [4.78, 5) is 4.37. The zero-order valence-electron chi connectivity index (χ0n) is 8.04. The van der Waals surface area contributed by atoms with Crippen molar-refractivity contribution in [2.75, 3.05) is 6.26 Å². The second kappa shape index (κ2) is 3.89. The van der Waals surface area contributed by atoms with Gasteiger partial charge in [-0.25, -0.2) is 0 Å². The number of para-hydroxylation sites is 1. The Labute approximate surface area is 92.6 Å². The summed E-state index contributed by atoms with van der Waals surface area (Å²) >= 11 is 1.37. The number of ether oxygens (including phenoxy) is 1. The molecule has 0 atom stereocenters. The number of thioether (sulfide) groups is 1. The fourth-order valence-electron chi connectivity index (χ4n) is 1.21. The molecule has 16 heavy (non-hydrogen) atoms. The van der Waals surface area contributed by atoms with Gasteiger partial charge in [-0.1, -0.05) is 6.07 Å². The molecule has 2 rings (SSSR count). The van der Waals surface area contributed by atoms with Crippen LogP contribution in [0.1, 0.15) is 0 Å². The summed E-state index contributed by atoms with van der Waals surface area (Å²) in [5, 5.41) is 0. The standard InChI is InChI=1S/C9H6F3NO2S/c1-16-6-4-2-3-5-7(6)13-8(14-5)15-9(10,11)12/h2-4H,1H3. The first-order chi connectivity index (χ1) is 7.49. The first kappa shape index (κ1) is 11.1. The zero-order chi connectivity index (χ0) is 11.8. The van der Waals surface area contributed by atoms with Crippen LogP contribution in [0.25, 0.3) is 11.1 Å². The first-order valence-electron chi connectivity index (χ1n) is 4.19. The van der Waals surface area contributed by atoms with Crippen LogP contribution in [0.4, 0.5) is 13.2 Å². The predicted octanol–water partition coefficient (Wildman–Crippen LogP) is 3.45. The summed E-state index contributed by atoms with van der Waals surface area (Å²) in [6.07, 6.45) is -3.78. The quantitative estimate of drug-likeness (QED) is 0.763. The minimum absolute atomic E-state index is 0.270. The van der Waals surface area contributed by atoms with Crippen LogP contribution in [0.3, 0.4) is 0 Å². The minimum Gasteiger partial charge on any atom is -0.409 e. The van der Waals surface area contributed by atoms with Gasteiger partial charge in [-0.05, 0) is 18.4 Å². The van der Waals surface area contributed by atoms with Crippen LogP contribution >= 0.6 is 11.8 Å². The van der Waals surface area contributed by atoms with Crippen LogP contribution in [-0.4, -0.2) is 17.6 Å². The van der Waals surface area contributed by atoms with E-state index in [0.717, 1.165) is 4.90 Å². The number of hydrogen-bond donors (Lipinski definition) is 0. The van der Waals surface area contributed by atoms with Gasteiger partial charge in [0.25, 0.3) is 0 Å². The third-order valence-electron chi connectivity index (χ3n) is 1.79. The van der Waals surface area contributed by atoms with Gasteiger partial charge < -0.3 is 9.15 Å². The monoisotopic (exact) mass is 249 g/mol. The lowest BCUT2D eigenvalue weighted by Crippen LogP contribution is -2.17. The summed E-state index contributed by atoms with van der Waals surface area (Å²) in [5.74, 6) is 0. The van der Waals surface area contributed by atoms with Gasteiger partial charge in [-0.2, -0.15) is 4.98 Å². The van der Waals surface area contributed by atoms with Gasteiger partial charge in [0.15, 0.2) is 5.58 Å². The SMILES string of the molecule is CSc1cccc2oc(OC(F)(F)F)nc12. The Morgan fingerprint density at radius 2 is 2.12 bits per heavy atom. The molecule has 1 aromatic heterocycles. The molecular weight excluding hydrogens is 243 g/mol. The first-order valence-corrected chi connectivity index (χ1v) is 5.41. The van der Waals surface area contributed by atoms with Gasteiger partial charge in [0.2, 0.25) is 0 Å². The molecule has 86 valence electrons. The molecule has 0 N–H and O–H groups in total. The normalized spacial score (nSPS) is 12.0. The van der Waals surface area contributed by atoms with Crippen molar-refractivity contribution in [3.05, 3.63) is 18.2 Å². The second-order valence-electron chi connectivity index (χ2n) is 2.83. The lowest BCUT2D eigenvalue weighted by atomic mass is 10.3. The van der Waals surface area contributed by atoms with Crippen molar-refractivity contribution in [1.29, 1.82) is 0 Å². The van der Waals surface area contributed by atoms with Crippen LogP contribution in [0.2, 0.25) is 0 Å². The summed E-state index contributed by atoms with van der Waals surface area (Å²) in [7, 11) is 0. The number of alkyl halides is 3. The molecule has 0 spiro atoms. The third-order valence-corrected chi connectivity index (χ3v) is 2.55. The van der Waals surface area contributed by atoms with E-state index in [1.807, 2.05) is 0 Å². The van der Waals surface area contributed by atoms with Crippen LogP contribution < -0.4 is 4.74 Å². The van der Waals surface area contributed by atoms with Gasteiger partial charge >= 0.3 is 12.4 Å². The van der Waals surface area contributed by atoms with Crippen molar-refractivity contribution in [2.45, 2.75) is 11.3 Å². The van der Waals surface area contributed by atoms with E-state index in [4.69, 9.17) is 4.42 Å². The highest BCUT2D eigenvalue weighted by Gasteiger charge is 2.33. The average Bonchev–Trinajstić information content (AvgIpc) is 2.56. The van der Waals surface area contributed by atoms with Crippen molar-refractivity contribution in [3.8, 4) is 6.08 Å². The van der Waals surface area contributed by atoms with E-state index in [0.29, 0.717) is 5.52 Å². The minimum atomic E-state index is -4.79. The average molecular weight is 249 g/mol. The molecule has 0 fully saturated rings. The molecule has 1 heterocycles. The molecule has 0 saturated carbocycles.